The summed E-state index contributed by atoms with van der Waals surface area (Å²) in [5, 5.41) is 8.08. The lowest BCUT2D eigenvalue weighted by atomic mass is 9.93. The van der Waals surface area contributed by atoms with Crippen molar-refractivity contribution in [1.29, 1.82) is 5.41 Å². The van der Waals surface area contributed by atoms with Gasteiger partial charge in [0.05, 0.1) is 23.3 Å². The molecular weight excluding hydrogens is 322 g/mol. The van der Waals surface area contributed by atoms with Crippen molar-refractivity contribution in [3.8, 4) is 0 Å². The van der Waals surface area contributed by atoms with E-state index in [0.29, 0.717) is 17.0 Å². The van der Waals surface area contributed by atoms with E-state index in [4.69, 9.17) is 5.41 Å². The van der Waals surface area contributed by atoms with E-state index in [2.05, 4.69) is 11.9 Å². The molecule has 1 aromatic carbocycles. The van der Waals surface area contributed by atoms with E-state index in [-0.39, 0.29) is 11.9 Å². The van der Waals surface area contributed by atoms with Crippen molar-refractivity contribution in [3.05, 3.63) is 59.9 Å². The van der Waals surface area contributed by atoms with Crippen LogP contribution in [0.1, 0.15) is 67.9 Å². The average Bonchev–Trinajstić information content (AvgIpc) is 2.70. The van der Waals surface area contributed by atoms with Crippen LogP contribution in [0, 0.1) is 5.41 Å². The molecule has 4 nitrogen and oxygen atoms in total. The van der Waals surface area contributed by atoms with Gasteiger partial charge in [-0.15, -0.1) is 0 Å². The molecule has 0 unspecified atom stereocenters. The van der Waals surface area contributed by atoms with Gasteiger partial charge in [-0.3, -0.25) is 9.78 Å². The first-order chi connectivity index (χ1) is 12.7. The number of hydrogen-bond acceptors (Lipinski definition) is 3. The maximum Gasteiger partial charge on any atom is 0.258 e. The first kappa shape index (κ1) is 18.3. The first-order valence-corrected chi connectivity index (χ1v) is 9.63. The minimum Gasteiger partial charge on any atom is -0.304 e. The van der Waals surface area contributed by atoms with Crippen molar-refractivity contribution < 1.29 is 4.79 Å². The van der Waals surface area contributed by atoms with Crippen molar-refractivity contribution in [2.45, 2.75) is 57.9 Å². The molecule has 1 aromatic heterocycles. The summed E-state index contributed by atoms with van der Waals surface area (Å²) in [4.78, 5) is 19.6. The third kappa shape index (κ3) is 4.18. The highest BCUT2D eigenvalue weighted by Gasteiger charge is 2.28. The second-order valence-corrected chi connectivity index (χ2v) is 6.96. The van der Waals surface area contributed by atoms with Gasteiger partial charge in [0.2, 0.25) is 0 Å². The smallest absolute Gasteiger partial charge is 0.258 e. The van der Waals surface area contributed by atoms with Gasteiger partial charge in [0.1, 0.15) is 0 Å². The summed E-state index contributed by atoms with van der Waals surface area (Å²) in [5.41, 5.74) is 2.80. The SMILES string of the molecule is CCCC(=N)c1ccc(N(C(=O)c2ccccc2)C2CCCCC2)cn1. The molecule has 1 heterocycles. The molecule has 1 amide bonds. The van der Waals surface area contributed by atoms with Gasteiger partial charge in [-0.05, 0) is 43.5 Å². The largest absolute Gasteiger partial charge is 0.304 e. The van der Waals surface area contributed by atoms with Gasteiger partial charge in [-0.1, -0.05) is 50.8 Å². The Morgan fingerprint density at radius 3 is 2.46 bits per heavy atom. The van der Waals surface area contributed by atoms with Crippen molar-refractivity contribution >= 4 is 17.3 Å². The first-order valence-electron chi connectivity index (χ1n) is 9.63. The topological polar surface area (TPSA) is 57.1 Å². The Morgan fingerprint density at radius 2 is 1.85 bits per heavy atom. The number of nitrogens with one attached hydrogen (secondary N) is 1. The van der Waals surface area contributed by atoms with Crippen LogP contribution in [0.3, 0.4) is 0 Å². The van der Waals surface area contributed by atoms with Gasteiger partial charge in [-0.2, -0.15) is 0 Å². The number of rotatable bonds is 6. The number of amides is 1. The fraction of sp³-hybridized carbons (Fsp3) is 0.409. The maximum atomic E-state index is 13.2. The Morgan fingerprint density at radius 1 is 1.12 bits per heavy atom. The van der Waals surface area contributed by atoms with Crippen molar-refractivity contribution in [3.63, 3.8) is 0 Å². The zero-order chi connectivity index (χ0) is 18.4. The van der Waals surface area contributed by atoms with Crippen LogP contribution in [-0.4, -0.2) is 22.6 Å². The number of anilines is 1. The zero-order valence-corrected chi connectivity index (χ0v) is 15.4. The predicted molar refractivity (Wildman–Crippen MR) is 106 cm³/mol. The fourth-order valence-corrected chi connectivity index (χ4v) is 3.64. The van der Waals surface area contributed by atoms with Crippen LogP contribution in [-0.2, 0) is 0 Å². The molecule has 1 aliphatic rings. The third-order valence-corrected chi connectivity index (χ3v) is 5.01. The number of pyridine rings is 1. The van der Waals surface area contributed by atoms with Crippen LogP contribution in [0.5, 0.6) is 0 Å². The summed E-state index contributed by atoms with van der Waals surface area (Å²) in [6.45, 7) is 2.06. The summed E-state index contributed by atoms with van der Waals surface area (Å²) >= 11 is 0. The fourth-order valence-electron chi connectivity index (χ4n) is 3.64. The van der Waals surface area contributed by atoms with E-state index < -0.39 is 0 Å². The van der Waals surface area contributed by atoms with Crippen molar-refractivity contribution in [2.24, 2.45) is 0 Å². The second-order valence-electron chi connectivity index (χ2n) is 6.96. The molecule has 26 heavy (non-hydrogen) atoms. The molecule has 0 bridgehead atoms. The molecule has 0 saturated heterocycles. The van der Waals surface area contributed by atoms with E-state index in [1.807, 2.05) is 47.4 Å². The molecule has 0 radical (unpaired) electrons. The molecular formula is C22H27N3O. The van der Waals surface area contributed by atoms with E-state index in [1.165, 1.54) is 6.42 Å². The Labute approximate surface area is 155 Å². The van der Waals surface area contributed by atoms with Gasteiger partial charge in [0, 0.05) is 11.6 Å². The van der Waals surface area contributed by atoms with Crippen molar-refractivity contribution in [2.75, 3.05) is 4.90 Å². The molecule has 4 heteroatoms. The van der Waals surface area contributed by atoms with E-state index in [9.17, 15) is 4.79 Å². The van der Waals surface area contributed by atoms with E-state index >= 15 is 0 Å². The molecule has 1 saturated carbocycles. The summed E-state index contributed by atoms with van der Waals surface area (Å²) in [6.07, 6.45) is 9.05. The zero-order valence-electron chi connectivity index (χ0n) is 15.4. The molecule has 0 atom stereocenters. The van der Waals surface area contributed by atoms with Crippen LogP contribution in [0.15, 0.2) is 48.7 Å². The van der Waals surface area contributed by atoms with Gasteiger partial charge in [0.15, 0.2) is 0 Å². The average molecular weight is 349 g/mol. The van der Waals surface area contributed by atoms with Crippen LogP contribution < -0.4 is 4.90 Å². The summed E-state index contributed by atoms with van der Waals surface area (Å²) in [6, 6.07) is 13.5. The van der Waals surface area contributed by atoms with Crippen LogP contribution in [0.4, 0.5) is 5.69 Å². The minimum absolute atomic E-state index is 0.0377. The second kappa shape index (κ2) is 8.75. The monoisotopic (exact) mass is 349 g/mol. The summed E-state index contributed by atoms with van der Waals surface area (Å²) in [5.74, 6) is 0.0377. The lowest BCUT2D eigenvalue weighted by Gasteiger charge is -2.34. The highest BCUT2D eigenvalue weighted by Crippen LogP contribution is 2.29. The third-order valence-electron chi connectivity index (χ3n) is 5.01. The van der Waals surface area contributed by atoms with Crippen LogP contribution in [0.2, 0.25) is 0 Å². The van der Waals surface area contributed by atoms with E-state index in [1.54, 1.807) is 6.20 Å². The highest BCUT2D eigenvalue weighted by molar-refractivity contribution is 6.06. The molecule has 136 valence electrons. The summed E-state index contributed by atoms with van der Waals surface area (Å²) in [7, 11) is 0. The number of hydrogen-bond donors (Lipinski definition) is 1. The molecule has 0 aliphatic heterocycles. The van der Waals surface area contributed by atoms with Gasteiger partial charge in [0.25, 0.3) is 5.91 Å². The Bertz CT molecular complexity index is 734. The molecule has 0 spiro atoms. The lowest BCUT2D eigenvalue weighted by Crippen LogP contribution is -2.41. The van der Waals surface area contributed by atoms with Crippen molar-refractivity contribution in [1.82, 2.24) is 4.98 Å². The highest BCUT2D eigenvalue weighted by atomic mass is 16.2. The normalized spacial score (nSPS) is 14.8. The van der Waals surface area contributed by atoms with E-state index in [0.717, 1.165) is 44.2 Å². The molecule has 1 aliphatic carbocycles. The quantitative estimate of drug-likeness (QED) is 0.726. The van der Waals surface area contributed by atoms with Crippen LogP contribution in [0.25, 0.3) is 0 Å². The summed E-state index contributed by atoms with van der Waals surface area (Å²) < 4.78 is 0. The molecule has 2 aromatic rings. The number of carbonyl (C=O) groups is 1. The molecule has 1 N–H and O–H groups in total. The van der Waals surface area contributed by atoms with Crippen LogP contribution >= 0.6 is 0 Å². The number of benzene rings is 1. The standard InChI is InChI=1S/C22H27N3O/c1-2-9-20(23)21-15-14-19(16-24-21)25(18-12-7-4-8-13-18)22(26)17-10-5-3-6-11-17/h3,5-6,10-11,14-16,18,23H,2,4,7-9,12-13H2,1H3. The predicted octanol–water partition coefficient (Wildman–Crippen LogP) is 5.23. The van der Waals surface area contributed by atoms with Gasteiger partial charge >= 0.3 is 0 Å². The molecule has 3 rings (SSSR count). The van der Waals surface area contributed by atoms with Gasteiger partial charge < -0.3 is 10.3 Å². The number of nitrogens with zero attached hydrogens (tertiary/aromatic N) is 2. The Balaban J connectivity index is 1.90. The lowest BCUT2D eigenvalue weighted by molar-refractivity contribution is 0.0970. The minimum atomic E-state index is 0.0377. The Kier molecular flexibility index (Phi) is 6.16. The number of aromatic nitrogens is 1. The maximum absolute atomic E-state index is 13.2. The Hall–Kier alpha value is -2.49. The number of carbonyl (C=O) groups excluding carboxylic acids is 1. The van der Waals surface area contributed by atoms with Gasteiger partial charge in [-0.25, -0.2) is 0 Å². The molecule has 1 fully saturated rings.